The Morgan fingerprint density at radius 1 is 1.09 bits per heavy atom. The standard InChI is InChI=1S/C16H15N5S/c1-10(2)9-14-18-19-16-21(14)20-15(22-16)13-8-7-11-5-3-4-6-12(11)17-13/h3-8,10H,9H2,1-2H3. The maximum Gasteiger partial charge on any atom is 0.235 e. The van der Waals surface area contributed by atoms with Crippen molar-refractivity contribution in [3.63, 3.8) is 0 Å². The summed E-state index contributed by atoms with van der Waals surface area (Å²) in [6.45, 7) is 4.33. The quantitative estimate of drug-likeness (QED) is 0.580. The summed E-state index contributed by atoms with van der Waals surface area (Å²) >= 11 is 1.52. The van der Waals surface area contributed by atoms with Gasteiger partial charge < -0.3 is 0 Å². The van der Waals surface area contributed by atoms with E-state index >= 15 is 0 Å². The fourth-order valence-electron chi connectivity index (χ4n) is 2.44. The molecule has 0 spiro atoms. The lowest BCUT2D eigenvalue weighted by molar-refractivity contribution is 0.607. The average molecular weight is 309 g/mol. The lowest BCUT2D eigenvalue weighted by atomic mass is 10.1. The van der Waals surface area contributed by atoms with Crippen LogP contribution in [0.3, 0.4) is 0 Å². The average Bonchev–Trinajstić information content (AvgIpc) is 3.08. The molecule has 1 aromatic carbocycles. The number of hydrogen-bond acceptors (Lipinski definition) is 5. The van der Waals surface area contributed by atoms with E-state index in [1.807, 2.05) is 28.8 Å². The highest BCUT2D eigenvalue weighted by atomic mass is 32.1. The Bertz CT molecular complexity index is 953. The van der Waals surface area contributed by atoms with Crippen LogP contribution in [0.5, 0.6) is 0 Å². The van der Waals surface area contributed by atoms with Crippen LogP contribution in [0.1, 0.15) is 19.7 Å². The summed E-state index contributed by atoms with van der Waals surface area (Å²) in [7, 11) is 0. The van der Waals surface area contributed by atoms with Gasteiger partial charge in [-0.25, -0.2) is 4.98 Å². The first kappa shape index (κ1) is 13.3. The van der Waals surface area contributed by atoms with Gasteiger partial charge in [0.25, 0.3) is 0 Å². The fourth-order valence-corrected chi connectivity index (χ4v) is 3.27. The molecule has 22 heavy (non-hydrogen) atoms. The molecule has 110 valence electrons. The lowest BCUT2D eigenvalue weighted by Crippen LogP contribution is -2.01. The number of benzene rings is 1. The van der Waals surface area contributed by atoms with Gasteiger partial charge in [-0.3, -0.25) is 0 Å². The molecule has 3 heterocycles. The first-order valence-electron chi connectivity index (χ1n) is 7.28. The molecule has 0 unspecified atom stereocenters. The summed E-state index contributed by atoms with van der Waals surface area (Å²) in [5.41, 5.74) is 1.86. The second-order valence-corrected chi connectivity index (χ2v) is 6.66. The van der Waals surface area contributed by atoms with Crippen molar-refractivity contribution in [1.82, 2.24) is 24.8 Å². The van der Waals surface area contributed by atoms with Crippen LogP contribution in [-0.2, 0) is 6.42 Å². The smallest absolute Gasteiger partial charge is 0.235 e. The molecule has 0 bridgehead atoms. The Morgan fingerprint density at radius 2 is 1.95 bits per heavy atom. The molecule has 3 aromatic heterocycles. The molecule has 0 N–H and O–H groups in total. The summed E-state index contributed by atoms with van der Waals surface area (Å²) in [5.74, 6) is 1.43. The van der Waals surface area contributed by atoms with Crippen LogP contribution in [0.25, 0.3) is 26.6 Å². The van der Waals surface area contributed by atoms with Crippen molar-refractivity contribution in [2.24, 2.45) is 5.92 Å². The summed E-state index contributed by atoms with van der Waals surface area (Å²) in [4.78, 5) is 5.52. The van der Waals surface area contributed by atoms with Crippen molar-refractivity contribution in [1.29, 1.82) is 0 Å². The normalized spacial score (nSPS) is 11.8. The van der Waals surface area contributed by atoms with E-state index in [0.717, 1.165) is 38.8 Å². The highest BCUT2D eigenvalue weighted by Crippen LogP contribution is 2.26. The molecule has 5 nitrogen and oxygen atoms in total. The second-order valence-electron chi connectivity index (χ2n) is 5.70. The molecule has 0 saturated carbocycles. The predicted molar refractivity (Wildman–Crippen MR) is 87.9 cm³/mol. The Balaban J connectivity index is 1.80. The van der Waals surface area contributed by atoms with Crippen LogP contribution in [-0.4, -0.2) is 24.8 Å². The molecule has 0 aliphatic carbocycles. The first-order valence-corrected chi connectivity index (χ1v) is 8.09. The van der Waals surface area contributed by atoms with Gasteiger partial charge in [-0.15, -0.1) is 10.2 Å². The summed E-state index contributed by atoms with van der Waals surface area (Å²) < 4.78 is 1.84. The number of fused-ring (bicyclic) bond motifs is 2. The van der Waals surface area contributed by atoms with Gasteiger partial charge in [0.15, 0.2) is 10.8 Å². The van der Waals surface area contributed by atoms with Crippen molar-refractivity contribution < 1.29 is 0 Å². The van der Waals surface area contributed by atoms with Crippen LogP contribution in [0.15, 0.2) is 36.4 Å². The van der Waals surface area contributed by atoms with Gasteiger partial charge in [0.05, 0.1) is 5.52 Å². The molecule has 0 atom stereocenters. The van der Waals surface area contributed by atoms with E-state index < -0.39 is 0 Å². The molecule has 4 aromatic rings. The molecule has 0 aliphatic rings. The maximum absolute atomic E-state index is 4.70. The topological polar surface area (TPSA) is 56.0 Å². The molecule has 0 fully saturated rings. The third-order valence-electron chi connectivity index (χ3n) is 3.46. The van der Waals surface area contributed by atoms with E-state index in [1.165, 1.54) is 11.3 Å². The number of pyridine rings is 1. The molecule has 0 aliphatic heterocycles. The molecular weight excluding hydrogens is 294 g/mol. The van der Waals surface area contributed by atoms with Gasteiger partial charge in [-0.05, 0) is 18.1 Å². The van der Waals surface area contributed by atoms with Gasteiger partial charge in [0.1, 0.15) is 5.69 Å². The first-order chi connectivity index (χ1) is 10.7. The Hall–Kier alpha value is -2.34. The van der Waals surface area contributed by atoms with Crippen molar-refractivity contribution in [3.05, 3.63) is 42.2 Å². The number of para-hydroxylation sites is 1. The minimum absolute atomic E-state index is 0.524. The van der Waals surface area contributed by atoms with E-state index in [9.17, 15) is 0 Å². The molecule has 0 amide bonds. The lowest BCUT2D eigenvalue weighted by Gasteiger charge is -2.00. The zero-order valence-corrected chi connectivity index (χ0v) is 13.2. The van der Waals surface area contributed by atoms with Crippen LogP contribution in [0, 0.1) is 5.92 Å². The number of aromatic nitrogens is 5. The zero-order valence-electron chi connectivity index (χ0n) is 12.4. The van der Waals surface area contributed by atoms with Crippen LogP contribution < -0.4 is 0 Å². The van der Waals surface area contributed by atoms with Gasteiger partial charge in [-0.2, -0.15) is 9.61 Å². The molecule has 0 radical (unpaired) electrons. The van der Waals surface area contributed by atoms with Crippen molar-refractivity contribution in [2.75, 3.05) is 0 Å². The summed E-state index contributed by atoms with van der Waals surface area (Å²) in [5, 5.41) is 15.1. The van der Waals surface area contributed by atoms with E-state index in [4.69, 9.17) is 4.98 Å². The van der Waals surface area contributed by atoms with Gasteiger partial charge in [0.2, 0.25) is 4.96 Å². The molecule has 6 heteroatoms. The Kier molecular flexibility index (Phi) is 3.11. The second kappa shape index (κ2) is 5.14. The van der Waals surface area contributed by atoms with Crippen molar-refractivity contribution in [2.45, 2.75) is 20.3 Å². The van der Waals surface area contributed by atoms with E-state index in [2.05, 4.69) is 41.3 Å². The van der Waals surface area contributed by atoms with Crippen LogP contribution in [0.2, 0.25) is 0 Å². The fraction of sp³-hybridized carbons (Fsp3) is 0.250. The largest absolute Gasteiger partial charge is 0.245 e. The monoisotopic (exact) mass is 309 g/mol. The minimum Gasteiger partial charge on any atom is -0.245 e. The SMILES string of the molecule is CC(C)Cc1nnc2sc(-c3ccc4ccccc4n3)nn12. The van der Waals surface area contributed by atoms with Gasteiger partial charge >= 0.3 is 0 Å². The number of nitrogens with zero attached hydrogens (tertiary/aromatic N) is 5. The maximum atomic E-state index is 4.70. The van der Waals surface area contributed by atoms with Gasteiger partial charge in [-0.1, -0.05) is 49.4 Å². The van der Waals surface area contributed by atoms with Crippen molar-refractivity contribution >= 4 is 27.2 Å². The van der Waals surface area contributed by atoms with E-state index in [0.29, 0.717) is 5.92 Å². The highest BCUT2D eigenvalue weighted by Gasteiger charge is 2.14. The van der Waals surface area contributed by atoms with E-state index in [1.54, 1.807) is 0 Å². The predicted octanol–water partition coefficient (Wildman–Crippen LogP) is 3.60. The van der Waals surface area contributed by atoms with Crippen LogP contribution >= 0.6 is 11.3 Å². The molecule has 0 saturated heterocycles. The van der Waals surface area contributed by atoms with E-state index in [-0.39, 0.29) is 0 Å². The highest BCUT2D eigenvalue weighted by molar-refractivity contribution is 7.19. The molecular formula is C16H15N5S. The zero-order chi connectivity index (χ0) is 15.1. The third kappa shape index (κ3) is 2.25. The minimum atomic E-state index is 0.524. The summed E-state index contributed by atoms with van der Waals surface area (Å²) in [6.07, 6.45) is 0.871. The molecule has 4 rings (SSSR count). The van der Waals surface area contributed by atoms with Crippen molar-refractivity contribution in [3.8, 4) is 10.7 Å². The summed E-state index contributed by atoms with van der Waals surface area (Å²) in [6, 6.07) is 12.2. The Labute approximate surface area is 131 Å². The third-order valence-corrected chi connectivity index (χ3v) is 4.39. The number of rotatable bonds is 3. The Morgan fingerprint density at radius 3 is 2.82 bits per heavy atom. The van der Waals surface area contributed by atoms with Gasteiger partial charge in [0, 0.05) is 11.8 Å². The number of hydrogen-bond donors (Lipinski definition) is 0. The van der Waals surface area contributed by atoms with Crippen LogP contribution in [0.4, 0.5) is 0 Å².